The standard InChI is InChI=1S/C17H24N2O/c1-18-10-6-17(7-11-18)16-5-4-15(12-14(16)13-20-17)19-8-2-3-9-19/h4-5,12H,2-3,6-11,13H2,1H3. The SMILES string of the molecule is CN1CCC2(CC1)OCc1cc(N3CCCC3)ccc12. The number of rotatable bonds is 1. The van der Waals surface area contributed by atoms with Gasteiger partial charge in [0.25, 0.3) is 0 Å². The molecule has 1 aromatic rings. The van der Waals surface area contributed by atoms with Gasteiger partial charge in [-0.2, -0.15) is 0 Å². The molecule has 4 rings (SSSR count). The molecule has 0 aromatic heterocycles. The number of fused-ring (bicyclic) bond motifs is 2. The van der Waals surface area contributed by atoms with Gasteiger partial charge in [0.1, 0.15) is 0 Å². The Balaban J connectivity index is 1.62. The van der Waals surface area contributed by atoms with E-state index in [4.69, 9.17) is 4.74 Å². The highest BCUT2D eigenvalue weighted by atomic mass is 16.5. The van der Waals surface area contributed by atoms with Gasteiger partial charge in [0.05, 0.1) is 12.2 Å². The van der Waals surface area contributed by atoms with Crippen LogP contribution in [0.15, 0.2) is 18.2 Å². The van der Waals surface area contributed by atoms with Crippen molar-refractivity contribution < 1.29 is 4.74 Å². The molecule has 2 saturated heterocycles. The molecule has 0 atom stereocenters. The number of nitrogens with zero attached hydrogens (tertiary/aromatic N) is 2. The molecule has 0 N–H and O–H groups in total. The van der Waals surface area contributed by atoms with Gasteiger partial charge in [-0.1, -0.05) is 6.07 Å². The lowest BCUT2D eigenvalue weighted by Crippen LogP contribution is -2.40. The zero-order chi connectivity index (χ0) is 13.6. The van der Waals surface area contributed by atoms with E-state index in [0.717, 1.165) is 32.5 Å². The van der Waals surface area contributed by atoms with Crippen molar-refractivity contribution in [3.05, 3.63) is 29.3 Å². The van der Waals surface area contributed by atoms with Crippen LogP contribution >= 0.6 is 0 Å². The summed E-state index contributed by atoms with van der Waals surface area (Å²) in [6.45, 7) is 5.53. The van der Waals surface area contributed by atoms with Crippen molar-refractivity contribution in [3.63, 3.8) is 0 Å². The van der Waals surface area contributed by atoms with Gasteiger partial charge in [0, 0.05) is 31.9 Å². The van der Waals surface area contributed by atoms with Crippen LogP contribution in [0.3, 0.4) is 0 Å². The molecule has 3 aliphatic heterocycles. The second-order valence-corrected chi connectivity index (χ2v) is 6.62. The van der Waals surface area contributed by atoms with Gasteiger partial charge < -0.3 is 14.5 Å². The van der Waals surface area contributed by atoms with E-state index in [-0.39, 0.29) is 5.60 Å². The van der Waals surface area contributed by atoms with Crippen molar-refractivity contribution >= 4 is 5.69 Å². The quantitative estimate of drug-likeness (QED) is 0.782. The molecule has 108 valence electrons. The molecule has 0 saturated carbocycles. The summed E-state index contributed by atoms with van der Waals surface area (Å²) < 4.78 is 6.27. The Kier molecular flexibility index (Phi) is 3.00. The van der Waals surface area contributed by atoms with Crippen molar-refractivity contribution in [2.45, 2.75) is 37.9 Å². The summed E-state index contributed by atoms with van der Waals surface area (Å²) in [5.41, 5.74) is 4.31. The molecule has 0 radical (unpaired) electrons. The van der Waals surface area contributed by atoms with E-state index in [2.05, 4.69) is 35.0 Å². The van der Waals surface area contributed by atoms with E-state index in [9.17, 15) is 0 Å². The third-order valence-corrected chi connectivity index (χ3v) is 5.35. The van der Waals surface area contributed by atoms with Crippen LogP contribution in [0.25, 0.3) is 0 Å². The highest BCUT2D eigenvalue weighted by molar-refractivity contribution is 5.53. The van der Waals surface area contributed by atoms with Crippen LogP contribution in [0, 0.1) is 0 Å². The molecule has 20 heavy (non-hydrogen) atoms. The Morgan fingerprint density at radius 3 is 2.55 bits per heavy atom. The van der Waals surface area contributed by atoms with Gasteiger partial charge in [0.15, 0.2) is 0 Å². The first-order valence-electron chi connectivity index (χ1n) is 7.98. The lowest BCUT2D eigenvalue weighted by atomic mass is 9.84. The summed E-state index contributed by atoms with van der Waals surface area (Å²) in [6.07, 6.45) is 4.95. The average molecular weight is 272 g/mol. The minimum Gasteiger partial charge on any atom is -0.372 e. The lowest BCUT2D eigenvalue weighted by molar-refractivity contribution is -0.0755. The van der Waals surface area contributed by atoms with Crippen molar-refractivity contribution in [2.24, 2.45) is 0 Å². The van der Waals surface area contributed by atoms with Crippen LogP contribution in [0.5, 0.6) is 0 Å². The van der Waals surface area contributed by atoms with Crippen LogP contribution in [-0.4, -0.2) is 38.1 Å². The van der Waals surface area contributed by atoms with Gasteiger partial charge in [-0.3, -0.25) is 0 Å². The maximum atomic E-state index is 6.27. The van der Waals surface area contributed by atoms with E-state index in [1.54, 1.807) is 0 Å². The maximum Gasteiger partial charge on any atom is 0.0963 e. The number of hydrogen-bond acceptors (Lipinski definition) is 3. The van der Waals surface area contributed by atoms with Crippen LogP contribution < -0.4 is 4.90 Å². The number of likely N-dealkylation sites (tertiary alicyclic amines) is 1. The van der Waals surface area contributed by atoms with E-state index in [0.29, 0.717) is 0 Å². The third kappa shape index (κ3) is 1.95. The molecule has 1 spiro atoms. The topological polar surface area (TPSA) is 15.7 Å². The number of piperidine rings is 1. The predicted molar refractivity (Wildman–Crippen MR) is 81.1 cm³/mol. The number of benzene rings is 1. The molecule has 2 fully saturated rings. The zero-order valence-electron chi connectivity index (χ0n) is 12.4. The van der Waals surface area contributed by atoms with Crippen LogP contribution in [0.4, 0.5) is 5.69 Å². The predicted octanol–water partition coefficient (Wildman–Crippen LogP) is 2.74. The van der Waals surface area contributed by atoms with Crippen LogP contribution in [0.1, 0.15) is 36.8 Å². The summed E-state index contributed by atoms with van der Waals surface area (Å²) in [7, 11) is 2.21. The first-order valence-corrected chi connectivity index (χ1v) is 7.98. The molecule has 0 amide bonds. The molecular formula is C17H24N2O. The molecule has 3 nitrogen and oxygen atoms in total. The van der Waals surface area contributed by atoms with Crippen molar-refractivity contribution in [1.29, 1.82) is 0 Å². The third-order valence-electron chi connectivity index (χ3n) is 5.35. The Labute approximate surface area is 121 Å². The van der Waals surface area contributed by atoms with Crippen molar-refractivity contribution in [2.75, 3.05) is 38.1 Å². The number of anilines is 1. The molecule has 0 unspecified atom stereocenters. The normalized spacial score (nSPS) is 25.4. The average Bonchev–Trinajstić information content (AvgIpc) is 3.11. The Morgan fingerprint density at radius 2 is 1.80 bits per heavy atom. The van der Waals surface area contributed by atoms with Gasteiger partial charge >= 0.3 is 0 Å². The summed E-state index contributed by atoms with van der Waals surface area (Å²) in [6, 6.07) is 7.05. The van der Waals surface area contributed by atoms with E-state index >= 15 is 0 Å². The summed E-state index contributed by atoms with van der Waals surface area (Å²) in [5.74, 6) is 0. The largest absolute Gasteiger partial charge is 0.372 e. The molecular weight excluding hydrogens is 248 g/mol. The minimum absolute atomic E-state index is 0.0192. The first kappa shape index (κ1) is 12.7. The maximum absolute atomic E-state index is 6.27. The molecule has 0 aliphatic carbocycles. The molecule has 1 aromatic carbocycles. The monoisotopic (exact) mass is 272 g/mol. The highest BCUT2D eigenvalue weighted by Crippen LogP contribution is 2.45. The summed E-state index contributed by atoms with van der Waals surface area (Å²) in [4.78, 5) is 4.92. The highest BCUT2D eigenvalue weighted by Gasteiger charge is 2.42. The van der Waals surface area contributed by atoms with Gasteiger partial charge in [-0.25, -0.2) is 0 Å². The first-order chi connectivity index (χ1) is 9.77. The van der Waals surface area contributed by atoms with Gasteiger partial charge in [-0.15, -0.1) is 0 Å². The second-order valence-electron chi connectivity index (χ2n) is 6.62. The molecule has 3 heteroatoms. The van der Waals surface area contributed by atoms with Crippen molar-refractivity contribution in [3.8, 4) is 0 Å². The van der Waals surface area contributed by atoms with E-state index in [1.807, 2.05) is 0 Å². The zero-order valence-corrected chi connectivity index (χ0v) is 12.4. The lowest BCUT2D eigenvalue weighted by Gasteiger charge is -2.37. The Bertz CT molecular complexity index is 500. The summed E-state index contributed by atoms with van der Waals surface area (Å²) in [5, 5.41) is 0. The summed E-state index contributed by atoms with van der Waals surface area (Å²) >= 11 is 0. The van der Waals surface area contributed by atoms with Crippen molar-refractivity contribution in [1.82, 2.24) is 4.90 Å². The number of ether oxygens (including phenoxy) is 1. The van der Waals surface area contributed by atoms with E-state index < -0.39 is 0 Å². The van der Waals surface area contributed by atoms with Gasteiger partial charge in [-0.05, 0) is 56.0 Å². The smallest absolute Gasteiger partial charge is 0.0963 e. The Hall–Kier alpha value is -1.06. The minimum atomic E-state index is 0.0192. The molecule has 3 aliphatic rings. The second kappa shape index (κ2) is 4.74. The molecule has 3 heterocycles. The fourth-order valence-corrected chi connectivity index (χ4v) is 4.00. The Morgan fingerprint density at radius 1 is 1.05 bits per heavy atom. The van der Waals surface area contributed by atoms with Crippen LogP contribution in [0.2, 0.25) is 0 Å². The van der Waals surface area contributed by atoms with Gasteiger partial charge in [0.2, 0.25) is 0 Å². The molecule has 0 bridgehead atoms. The van der Waals surface area contributed by atoms with Crippen LogP contribution in [-0.2, 0) is 16.9 Å². The van der Waals surface area contributed by atoms with E-state index in [1.165, 1.54) is 42.7 Å². The fraction of sp³-hybridized carbons (Fsp3) is 0.647. The fourth-order valence-electron chi connectivity index (χ4n) is 4.00. The number of hydrogen-bond donors (Lipinski definition) is 0.